The number of nitrogens with zero attached hydrogens (tertiary/aromatic N) is 6. The minimum absolute atomic E-state index is 0.0328. The number of nitrogens with two attached hydrogens (primary N) is 1. The minimum atomic E-state index is -1.23. The highest BCUT2D eigenvalue weighted by Crippen LogP contribution is 2.21. The predicted octanol–water partition coefficient (Wildman–Crippen LogP) is -1.94. The molecule has 148 valence electrons. The molecule has 12 nitrogen and oxygen atoms in total. The Kier molecular flexibility index (Phi) is 4.66. The lowest BCUT2D eigenvalue weighted by Crippen LogP contribution is -2.60. The van der Waals surface area contributed by atoms with Crippen LogP contribution in [0.4, 0.5) is 5.82 Å². The van der Waals surface area contributed by atoms with E-state index in [0.717, 1.165) is 0 Å². The van der Waals surface area contributed by atoms with Gasteiger partial charge in [-0.3, -0.25) is 9.48 Å². The van der Waals surface area contributed by atoms with Crippen molar-refractivity contribution in [1.29, 1.82) is 0 Å². The van der Waals surface area contributed by atoms with Crippen molar-refractivity contribution >= 4 is 22.9 Å². The molecule has 1 amide bonds. The lowest BCUT2D eigenvalue weighted by molar-refractivity contribution is -0.152. The second-order valence-electron chi connectivity index (χ2n) is 6.60. The van der Waals surface area contributed by atoms with E-state index in [1.165, 1.54) is 23.5 Å². The van der Waals surface area contributed by atoms with Crippen molar-refractivity contribution in [2.75, 3.05) is 12.3 Å². The van der Waals surface area contributed by atoms with Crippen LogP contribution < -0.4 is 11.1 Å². The summed E-state index contributed by atoms with van der Waals surface area (Å²) in [4.78, 5) is 24.4. The van der Waals surface area contributed by atoms with Crippen LogP contribution >= 0.6 is 0 Å². The van der Waals surface area contributed by atoms with Gasteiger partial charge in [0.05, 0.1) is 25.5 Å². The van der Waals surface area contributed by atoms with Gasteiger partial charge in [-0.05, 0) is 6.07 Å². The Bertz CT molecular complexity index is 1000. The second-order valence-corrected chi connectivity index (χ2v) is 6.60. The van der Waals surface area contributed by atoms with Crippen molar-refractivity contribution in [1.82, 2.24) is 34.6 Å². The minimum Gasteiger partial charge on any atom is -0.388 e. The molecule has 5 N–H and O–H groups in total. The van der Waals surface area contributed by atoms with Crippen LogP contribution in [0, 0.1) is 0 Å². The van der Waals surface area contributed by atoms with Gasteiger partial charge in [0.15, 0.2) is 11.5 Å². The number of nitrogens with one attached hydrogen (secondary N) is 1. The molecule has 0 bridgehead atoms. The molecule has 0 aromatic carbocycles. The Morgan fingerprint density at radius 3 is 2.93 bits per heavy atom. The van der Waals surface area contributed by atoms with Gasteiger partial charge in [-0.15, -0.1) is 0 Å². The number of aromatic nitrogens is 6. The second kappa shape index (κ2) is 7.14. The molecule has 3 aromatic heterocycles. The van der Waals surface area contributed by atoms with Crippen molar-refractivity contribution < 1.29 is 19.7 Å². The lowest BCUT2D eigenvalue weighted by atomic mass is 9.97. The van der Waals surface area contributed by atoms with Crippen LogP contribution in [0.3, 0.4) is 0 Å². The zero-order valence-electron chi connectivity index (χ0n) is 15.0. The van der Waals surface area contributed by atoms with E-state index in [2.05, 4.69) is 25.4 Å². The van der Waals surface area contributed by atoms with Crippen molar-refractivity contribution in [3.8, 4) is 0 Å². The van der Waals surface area contributed by atoms with Gasteiger partial charge in [-0.1, -0.05) is 0 Å². The fourth-order valence-electron chi connectivity index (χ4n) is 3.28. The maximum Gasteiger partial charge on any atom is 0.269 e. The van der Waals surface area contributed by atoms with Crippen LogP contribution in [0.1, 0.15) is 10.5 Å². The number of hydrogen-bond acceptors (Lipinski definition) is 9. The summed E-state index contributed by atoms with van der Waals surface area (Å²) in [7, 11) is 1.64. The van der Waals surface area contributed by atoms with E-state index in [4.69, 9.17) is 10.5 Å². The summed E-state index contributed by atoms with van der Waals surface area (Å²) in [6, 6.07) is 0.794. The molecule has 28 heavy (non-hydrogen) atoms. The molecule has 4 rings (SSSR count). The molecule has 0 saturated carbocycles. The third-order valence-electron chi connectivity index (χ3n) is 4.82. The highest BCUT2D eigenvalue weighted by Gasteiger charge is 2.39. The number of anilines is 1. The molecule has 0 aliphatic carbocycles. The quantitative estimate of drug-likeness (QED) is 0.398. The number of fused-ring (bicyclic) bond motifs is 1. The number of rotatable bonds is 4. The first-order chi connectivity index (χ1) is 13.5. The highest BCUT2D eigenvalue weighted by molar-refractivity contribution is 5.92. The first-order valence-corrected chi connectivity index (χ1v) is 8.63. The normalized spacial score (nSPS) is 25.1. The monoisotopic (exact) mass is 388 g/mol. The molecule has 1 fully saturated rings. The number of aryl methyl sites for hydroxylation is 1. The Morgan fingerprint density at radius 1 is 1.36 bits per heavy atom. The molecule has 0 spiro atoms. The molecule has 0 radical (unpaired) electrons. The summed E-state index contributed by atoms with van der Waals surface area (Å²) in [6.45, 7) is 0.222. The Morgan fingerprint density at radius 2 is 2.18 bits per heavy atom. The SMILES string of the molecule is Cn1nccc1C(=O)N[C@@H]1CO[C@H](Cn2cnc3ncnc(N)c32)[C@@H](O)[C@H]1O. The van der Waals surface area contributed by atoms with E-state index in [0.29, 0.717) is 16.9 Å². The number of amides is 1. The average Bonchev–Trinajstić information content (AvgIpc) is 3.28. The Labute approximate surface area is 159 Å². The zero-order chi connectivity index (χ0) is 19.8. The van der Waals surface area contributed by atoms with Crippen molar-refractivity contribution in [3.63, 3.8) is 0 Å². The molecule has 1 saturated heterocycles. The van der Waals surface area contributed by atoms with Gasteiger partial charge in [0.2, 0.25) is 0 Å². The van der Waals surface area contributed by atoms with Gasteiger partial charge in [-0.25, -0.2) is 15.0 Å². The lowest BCUT2D eigenvalue weighted by Gasteiger charge is -2.38. The fraction of sp³-hybridized carbons (Fsp3) is 0.438. The maximum absolute atomic E-state index is 12.3. The van der Waals surface area contributed by atoms with Gasteiger partial charge < -0.3 is 30.6 Å². The number of aliphatic hydroxyl groups excluding tert-OH is 2. The number of hydrogen-bond donors (Lipinski definition) is 4. The summed E-state index contributed by atoms with van der Waals surface area (Å²) in [5.41, 5.74) is 7.18. The number of carbonyl (C=O) groups excluding carboxylic acids is 1. The first kappa shape index (κ1) is 18.3. The van der Waals surface area contributed by atoms with Crippen molar-refractivity contribution in [2.45, 2.75) is 30.9 Å². The van der Waals surface area contributed by atoms with Gasteiger partial charge in [-0.2, -0.15) is 5.10 Å². The van der Waals surface area contributed by atoms with E-state index in [-0.39, 0.29) is 19.0 Å². The largest absolute Gasteiger partial charge is 0.388 e. The van der Waals surface area contributed by atoms with E-state index in [1.54, 1.807) is 17.7 Å². The third-order valence-corrected chi connectivity index (χ3v) is 4.82. The number of ether oxygens (including phenoxy) is 1. The van der Waals surface area contributed by atoms with Crippen LogP contribution in [0.15, 0.2) is 24.9 Å². The number of nitrogen functional groups attached to an aromatic ring is 1. The third kappa shape index (κ3) is 3.17. The average molecular weight is 388 g/mol. The van der Waals surface area contributed by atoms with Gasteiger partial charge in [0, 0.05) is 13.2 Å². The molecule has 4 atom stereocenters. The molecule has 4 heterocycles. The molecule has 1 aliphatic heterocycles. The summed E-state index contributed by atoms with van der Waals surface area (Å²) >= 11 is 0. The fourth-order valence-corrected chi connectivity index (χ4v) is 3.28. The Balaban J connectivity index is 1.45. The van der Waals surface area contributed by atoms with Crippen LogP contribution in [0.2, 0.25) is 0 Å². The summed E-state index contributed by atoms with van der Waals surface area (Å²) in [6.07, 6.45) is 1.18. The molecular formula is C16H20N8O4. The molecule has 1 aliphatic rings. The molecule has 0 unspecified atom stereocenters. The van der Waals surface area contributed by atoms with E-state index in [1.807, 2.05) is 0 Å². The van der Waals surface area contributed by atoms with Crippen LogP contribution in [0.5, 0.6) is 0 Å². The predicted molar refractivity (Wildman–Crippen MR) is 96.0 cm³/mol. The van der Waals surface area contributed by atoms with E-state index in [9.17, 15) is 15.0 Å². The number of aliphatic hydroxyl groups is 2. The smallest absolute Gasteiger partial charge is 0.269 e. The topological polar surface area (TPSA) is 166 Å². The summed E-state index contributed by atoms with van der Waals surface area (Å²) in [5, 5.41) is 27.6. The number of carbonyl (C=O) groups is 1. The first-order valence-electron chi connectivity index (χ1n) is 8.63. The molecule has 3 aromatic rings. The Hall–Kier alpha value is -3.09. The van der Waals surface area contributed by atoms with E-state index >= 15 is 0 Å². The molecule has 12 heteroatoms. The van der Waals surface area contributed by atoms with Crippen LogP contribution in [-0.4, -0.2) is 76.4 Å². The zero-order valence-corrected chi connectivity index (χ0v) is 15.0. The standard InChI is InChI=1S/C16H20N8O4/c1-23-9(2-3-21-23)16(27)22-8-5-28-10(13(26)12(8)25)4-24-7-20-15-11(24)14(17)18-6-19-15/h2-3,6-8,10,12-13,25-26H,4-5H2,1H3,(H,22,27)(H2,17,18,19)/t8-,10-,12+,13-/m1/s1. The van der Waals surface area contributed by atoms with Crippen molar-refractivity contribution in [3.05, 3.63) is 30.6 Å². The summed E-state index contributed by atoms with van der Waals surface area (Å²) < 4.78 is 8.79. The maximum atomic E-state index is 12.3. The van der Waals surface area contributed by atoms with E-state index < -0.39 is 30.3 Å². The van der Waals surface area contributed by atoms with Crippen molar-refractivity contribution in [2.24, 2.45) is 7.05 Å². The summed E-state index contributed by atoms with van der Waals surface area (Å²) in [5.74, 6) is -0.154. The highest BCUT2D eigenvalue weighted by atomic mass is 16.5. The van der Waals surface area contributed by atoms with Gasteiger partial charge in [0.1, 0.15) is 35.8 Å². The van der Waals surface area contributed by atoms with Crippen LogP contribution in [-0.2, 0) is 18.3 Å². The number of imidazole rings is 1. The molecular weight excluding hydrogens is 368 g/mol. The van der Waals surface area contributed by atoms with Crippen LogP contribution in [0.25, 0.3) is 11.2 Å². The van der Waals surface area contributed by atoms with Gasteiger partial charge >= 0.3 is 0 Å². The van der Waals surface area contributed by atoms with Gasteiger partial charge in [0.25, 0.3) is 5.91 Å².